The number of carbonyl (C=O) groups is 2. The number of ether oxygens (including phenoxy) is 3. The van der Waals surface area contributed by atoms with Crippen LogP contribution in [0.2, 0.25) is 0 Å². The molecule has 2 amide bonds. The monoisotopic (exact) mass is 397 g/mol. The predicted octanol–water partition coefficient (Wildman–Crippen LogP) is 0.552. The number of amides is 2. The zero-order valence-corrected chi connectivity index (χ0v) is 15.1. The van der Waals surface area contributed by atoms with Crippen LogP contribution in [0, 0.1) is 0 Å². The van der Waals surface area contributed by atoms with E-state index in [-0.39, 0.29) is 18.6 Å². The van der Waals surface area contributed by atoms with Gasteiger partial charge in [-0.25, -0.2) is 4.79 Å². The maximum atomic E-state index is 11.9. The fourth-order valence-corrected chi connectivity index (χ4v) is 2.67. The Labute approximate surface area is 161 Å². The van der Waals surface area contributed by atoms with E-state index in [0.717, 1.165) is 0 Å². The molecule has 3 rings (SSSR count). The molecule has 0 aromatic heterocycles. The minimum atomic E-state index is -1.05. The molecule has 4 N–H and O–H groups in total. The fraction of sp³-hybridized carbons (Fsp3) is 0.529. The highest BCUT2D eigenvalue weighted by molar-refractivity contribution is 5.77. The Bertz CT molecular complexity index is 680. The minimum absolute atomic E-state index is 0.173. The summed E-state index contributed by atoms with van der Waals surface area (Å²) >= 11 is 0. The van der Waals surface area contributed by atoms with E-state index in [1.165, 1.54) is 0 Å². The Morgan fingerprint density at radius 3 is 2.79 bits per heavy atom. The summed E-state index contributed by atoms with van der Waals surface area (Å²) < 4.78 is 17.1. The first-order chi connectivity index (χ1) is 13.6. The van der Waals surface area contributed by atoms with Crippen molar-refractivity contribution in [2.45, 2.75) is 31.7 Å². The Kier molecular flexibility index (Phi) is 7.12. The quantitative estimate of drug-likeness (QED) is 0.440. The minimum Gasteiger partial charge on any atom is -0.480 e. The lowest BCUT2D eigenvalue weighted by Crippen LogP contribution is -2.43. The number of hydrogen-bond donors (Lipinski definition) is 4. The molecule has 2 aliphatic rings. The molecule has 0 saturated carbocycles. The van der Waals surface area contributed by atoms with Crippen LogP contribution in [0.25, 0.3) is 0 Å². The summed E-state index contributed by atoms with van der Waals surface area (Å²) in [5.74, 6) is 1.07. The van der Waals surface area contributed by atoms with Crippen LogP contribution in [0.3, 0.4) is 0 Å². The van der Waals surface area contributed by atoms with Gasteiger partial charge in [0.25, 0.3) is 12.2 Å². The molecule has 0 aliphatic carbocycles. The first kappa shape index (κ1) is 20.0. The molecular formula is C17H23N3O8. The van der Waals surface area contributed by atoms with Crippen molar-refractivity contribution < 1.29 is 38.6 Å². The summed E-state index contributed by atoms with van der Waals surface area (Å²) in [6.07, 6.45) is -0.134. The normalized spacial score (nSPS) is 20.4. The second-order valence-corrected chi connectivity index (χ2v) is 6.14. The molecule has 0 bridgehead atoms. The van der Waals surface area contributed by atoms with Gasteiger partial charge in [0.2, 0.25) is 5.75 Å². The third-order valence-corrected chi connectivity index (χ3v) is 4.05. The number of para-hydroxylation sites is 1. The Hall–Kier alpha value is -2.76. The van der Waals surface area contributed by atoms with Gasteiger partial charge in [0.05, 0.1) is 6.61 Å². The summed E-state index contributed by atoms with van der Waals surface area (Å²) in [7, 11) is 0. The van der Waals surface area contributed by atoms with Gasteiger partial charge >= 0.3 is 6.09 Å². The zero-order valence-electron chi connectivity index (χ0n) is 15.1. The summed E-state index contributed by atoms with van der Waals surface area (Å²) in [5.41, 5.74) is 2.35. The summed E-state index contributed by atoms with van der Waals surface area (Å²) in [4.78, 5) is 32.4. The number of fused-ring (bicyclic) bond motifs is 1. The average molecular weight is 397 g/mol. The number of nitrogens with one attached hydrogen (secondary N) is 3. The molecule has 11 heteroatoms. The lowest BCUT2D eigenvalue weighted by Gasteiger charge is -2.25. The van der Waals surface area contributed by atoms with Crippen molar-refractivity contribution in [2.24, 2.45) is 0 Å². The molecule has 2 atom stereocenters. The molecule has 1 fully saturated rings. The molecule has 154 valence electrons. The molecule has 0 radical (unpaired) electrons. The van der Waals surface area contributed by atoms with Crippen LogP contribution in [0.4, 0.5) is 4.79 Å². The fourth-order valence-electron chi connectivity index (χ4n) is 2.67. The number of hydrogen-bond acceptors (Lipinski definition) is 8. The van der Waals surface area contributed by atoms with Crippen LogP contribution in [0.1, 0.15) is 19.3 Å². The predicted molar refractivity (Wildman–Crippen MR) is 93.8 cm³/mol. The van der Waals surface area contributed by atoms with E-state index in [1.54, 1.807) is 18.2 Å². The van der Waals surface area contributed by atoms with Crippen molar-refractivity contribution in [3.05, 3.63) is 18.2 Å². The van der Waals surface area contributed by atoms with Crippen molar-refractivity contribution in [3.8, 4) is 17.2 Å². The lowest BCUT2D eigenvalue weighted by molar-refractivity contribution is -0.270. The summed E-state index contributed by atoms with van der Waals surface area (Å²) in [6, 6.07) is 5.19. The van der Waals surface area contributed by atoms with Crippen molar-refractivity contribution >= 4 is 12.0 Å². The SMILES string of the molecule is O=C(O)NCCCCNC(=O)COc1cccc2c1OC(C1CCONO1)O2. The standard InChI is InChI=1S/C17H23N3O8/c21-14(18-7-1-2-8-19-17(22)23)10-24-11-4-3-5-12-15(11)27-16(26-12)13-6-9-25-20-28-13/h3-5,13,16,19-20H,1-2,6-10H2,(H,18,21)(H,22,23). The van der Waals surface area contributed by atoms with Crippen LogP contribution in [0.5, 0.6) is 17.2 Å². The van der Waals surface area contributed by atoms with E-state index in [1.807, 2.05) is 0 Å². The van der Waals surface area contributed by atoms with Gasteiger partial charge in [-0.1, -0.05) is 11.7 Å². The highest BCUT2D eigenvalue weighted by Crippen LogP contribution is 2.43. The molecule has 28 heavy (non-hydrogen) atoms. The lowest BCUT2D eigenvalue weighted by atomic mass is 10.2. The van der Waals surface area contributed by atoms with E-state index in [2.05, 4.69) is 16.3 Å². The van der Waals surface area contributed by atoms with Gasteiger partial charge in [-0.05, 0) is 25.0 Å². The Morgan fingerprint density at radius 2 is 2.04 bits per heavy atom. The smallest absolute Gasteiger partial charge is 0.404 e. The number of carbonyl (C=O) groups excluding carboxylic acids is 1. The third-order valence-electron chi connectivity index (χ3n) is 4.05. The molecule has 0 spiro atoms. The van der Waals surface area contributed by atoms with Gasteiger partial charge in [-0.15, -0.1) is 0 Å². The highest BCUT2D eigenvalue weighted by Gasteiger charge is 2.36. The number of unbranched alkanes of at least 4 members (excludes halogenated alkanes) is 1. The molecular weight excluding hydrogens is 374 g/mol. The van der Waals surface area contributed by atoms with Crippen LogP contribution in [-0.4, -0.2) is 55.8 Å². The van der Waals surface area contributed by atoms with Crippen LogP contribution in [0.15, 0.2) is 18.2 Å². The van der Waals surface area contributed by atoms with Gasteiger partial charge in [0.15, 0.2) is 24.2 Å². The second kappa shape index (κ2) is 9.97. The number of benzene rings is 1. The van der Waals surface area contributed by atoms with E-state index >= 15 is 0 Å². The van der Waals surface area contributed by atoms with Crippen molar-refractivity contribution in [1.29, 1.82) is 0 Å². The third kappa shape index (κ3) is 5.62. The van der Waals surface area contributed by atoms with Gasteiger partial charge in [-0.3, -0.25) is 14.5 Å². The molecule has 1 saturated heterocycles. The number of carboxylic acid groups (broad SMARTS) is 1. The summed E-state index contributed by atoms with van der Waals surface area (Å²) in [6.45, 7) is 1.09. The van der Waals surface area contributed by atoms with Crippen LogP contribution < -0.4 is 30.5 Å². The van der Waals surface area contributed by atoms with Gasteiger partial charge in [0, 0.05) is 19.5 Å². The van der Waals surface area contributed by atoms with Gasteiger partial charge in [0.1, 0.15) is 0 Å². The van der Waals surface area contributed by atoms with E-state index < -0.39 is 12.4 Å². The zero-order chi connectivity index (χ0) is 19.8. The molecule has 2 aliphatic heterocycles. The molecule has 2 unspecified atom stereocenters. The second-order valence-electron chi connectivity index (χ2n) is 6.14. The van der Waals surface area contributed by atoms with E-state index in [0.29, 0.717) is 56.2 Å². The molecule has 2 heterocycles. The van der Waals surface area contributed by atoms with Crippen LogP contribution >= 0.6 is 0 Å². The van der Waals surface area contributed by atoms with Crippen LogP contribution in [-0.2, 0) is 14.5 Å². The first-order valence-electron chi connectivity index (χ1n) is 8.98. The maximum Gasteiger partial charge on any atom is 0.404 e. The average Bonchev–Trinajstić information content (AvgIpc) is 3.14. The molecule has 1 aromatic rings. The largest absolute Gasteiger partial charge is 0.480 e. The molecule has 11 nitrogen and oxygen atoms in total. The Morgan fingerprint density at radius 1 is 1.21 bits per heavy atom. The van der Waals surface area contributed by atoms with Crippen molar-refractivity contribution in [3.63, 3.8) is 0 Å². The maximum absolute atomic E-state index is 11.9. The van der Waals surface area contributed by atoms with Gasteiger partial charge < -0.3 is 30.0 Å². The summed E-state index contributed by atoms with van der Waals surface area (Å²) in [5, 5.41) is 13.4. The Balaban J connectivity index is 1.41. The van der Waals surface area contributed by atoms with E-state index in [9.17, 15) is 9.59 Å². The molecule has 1 aromatic carbocycles. The topological polar surface area (TPSA) is 137 Å². The van der Waals surface area contributed by atoms with Crippen molar-refractivity contribution in [1.82, 2.24) is 16.3 Å². The first-order valence-corrected chi connectivity index (χ1v) is 8.98. The highest BCUT2D eigenvalue weighted by atomic mass is 16.9. The van der Waals surface area contributed by atoms with Gasteiger partial charge in [-0.2, -0.15) is 0 Å². The van der Waals surface area contributed by atoms with E-state index in [4.69, 9.17) is 29.0 Å². The number of rotatable bonds is 9. The van der Waals surface area contributed by atoms with Crippen molar-refractivity contribution in [2.75, 3.05) is 26.3 Å².